The Bertz CT molecular complexity index is 449. The van der Waals surface area contributed by atoms with Gasteiger partial charge in [0.05, 0.1) is 0 Å². The number of halogens is 12. The first-order valence-electron chi connectivity index (χ1n) is 4.22. The number of carbonyl (C=O) groups excluding carboxylic acids is 1. The molecule has 0 amide bonds. The van der Waals surface area contributed by atoms with Gasteiger partial charge in [0.15, 0.2) is 0 Å². The number of alkyl halides is 8. The summed E-state index contributed by atoms with van der Waals surface area (Å²) in [4.78, 5) is 9.65. The molecule has 0 bridgehead atoms. The van der Waals surface area contributed by atoms with Crippen LogP contribution in [0.2, 0.25) is 0 Å². The zero-order valence-corrected chi connectivity index (χ0v) is 8.94. The van der Waals surface area contributed by atoms with Crippen LogP contribution in [0.5, 0.6) is 0 Å². The molecule has 14 heteroatoms. The van der Waals surface area contributed by atoms with Crippen LogP contribution in [0.25, 0.3) is 0 Å². The monoisotopic (exact) mass is 343 g/mol. The van der Waals surface area contributed by atoms with E-state index in [2.05, 4.69) is 0 Å². The molecule has 1 unspecified atom stereocenters. The molecule has 21 heavy (non-hydrogen) atoms. The van der Waals surface area contributed by atoms with Crippen molar-refractivity contribution < 1.29 is 57.5 Å². The van der Waals surface area contributed by atoms with Crippen LogP contribution in [0.1, 0.15) is 0 Å². The van der Waals surface area contributed by atoms with Crippen molar-refractivity contribution in [2.24, 2.45) is 0 Å². The van der Waals surface area contributed by atoms with Gasteiger partial charge in [-0.15, -0.1) is 0 Å². The summed E-state index contributed by atoms with van der Waals surface area (Å²) >= 11 is 0. The predicted octanol–water partition coefficient (Wildman–Crippen LogP) is 3.61. The number of hydrogen-bond acceptors (Lipinski definition) is 2. The highest BCUT2D eigenvalue weighted by atomic mass is 19.4. The van der Waals surface area contributed by atoms with Crippen LogP contribution < -0.4 is 5.32 Å². The van der Waals surface area contributed by atoms with Crippen LogP contribution in [0.15, 0.2) is 11.9 Å². The molecule has 0 rings (SSSR count). The second-order valence-electron chi connectivity index (χ2n) is 3.28. The molecule has 2 nitrogen and oxygen atoms in total. The molecule has 0 aliphatic heterocycles. The maximum absolute atomic E-state index is 13.1. The summed E-state index contributed by atoms with van der Waals surface area (Å²) in [5, 5.41) is -1.14. The summed E-state index contributed by atoms with van der Waals surface area (Å²) < 4.78 is 146. The molecular weight excluding hydrogens is 342 g/mol. The highest BCUT2D eigenvalue weighted by Gasteiger charge is 2.77. The van der Waals surface area contributed by atoms with Gasteiger partial charge in [-0.05, 0) is 0 Å². The van der Waals surface area contributed by atoms with Crippen molar-refractivity contribution in [1.82, 2.24) is 5.32 Å². The van der Waals surface area contributed by atoms with Gasteiger partial charge in [-0.1, -0.05) is 0 Å². The Labute approximate surface area is 106 Å². The van der Waals surface area contributed by atoms with Gasteiger partial charge in [0.2, 0.25) is 5.83 Å². The van der Waals surface area contributed by atoms with E-state index in [0.29, 0.717) is 0 Å². The zero-order valence-electron chi connectivity index (χ0n) is 8.94. The molecule has 0 aliphatic rings. The molecule has 1 atom stereocenters. The molecule has 0 saturated carbocycles. The highest BCUT2D eigenvalue weighted by molar-refractivity contribution is 5.78. The van der Waals surface area contributed by atoms with Gasteiger partial charge in [-0.25, -0.2) is 9.71 Å². The van der Waals surface area contributed by atoms with E-state index in [1.807, 2.05) is 0 Å². The van der Waals surface area contributed by atoms with Crippen molar-refractivity contribution in [3.05, 3.63) is 11.9 Å². The van der Waals surface area contributed by atoms with Crippen molar-refractivity contribution in [2.75, 3.05) is 0 Å². The largest absolute Gasteiger partial charge is 0.443 e. The predicted molar refractivity (Wildman–Crippen MR) is 39.4 cm³/mol. The summed E-state index contributed by atoms with van der Waals surface area (Å²) in [5.74, 6) is -17.7. The molecule has 0 heterocycles. The summed E-state index contributed by atoms with van der Waals surface area (Å²) in [7, 11) is 0. The van der Waals surface area contributed by atoms with Gasteiger partial charge in [0.25, 0.3) is 0 Å². The third-order valence-corrected chi connectivity index (χ3v) is 1.84. The van der Waals surface area contributed by atoms with Gasteiger partial charge in [-0.3, -0.25) is 4.79 Å². The van der Waals surface area contributed by atoms with Crippen molar-refractivity contribution >= 4 is 6.04 Å². The number of carbonyl (C=O) groups is 1. The Morgan fingerprint density at radius 2 is 1.14 bits per heavy atom. The van der Waals surface area contributed by atoms with E-state index in [9.17, 15) is 57.5 Å². The van der Waals surface area contributed by atoms with Gasteiger partial charge in [0.1, 0.15) is 0 Å². The van der Waals surface area contributed by atoms with Gasteiger partial charge in [0, 0.05) is 0 Å². The lowest BCUT2D eigenvalue weighted by Gasteiger charge is -2.35. The fourth-order valence-electron chi connectivity index (χ4n) is 0.853. The van der Waals surface area contributed by atoms with Gasteiger partial charge >= 0.3 is 36.1 Å². The summed E-state index contributed by atoms with van der Waals surface area (Å²) in [6.45, 7) is 0. The average Bonchev–Trinajstić information content (AvgIpc) is 2.24. The third-order valence-electron chi connectivity index (χ3n) is 1.84. The second kappa shape index (κ2) is 5.38. The fraction of sp³-hybridized carbons (Fsp3) is 0.571. The Balaban J connectivity index is 6.04. The lowest BCUT2D eigenvalue weighted by Crippen LogP contribution is -2.70. The molecule has 0 aromatic carbocycles. The van der Waals surface area contributed by atoms with Crippen molar-refractivity contribution in [2.45, 2.75) is 23.9 Å². The van der Waals surface area contributed by atoms with E-state index in [1.165, 1.54) is 0 Å². The van der Waals surface area contributed by atoms with Crippen LogP contribution in [-0.4, -0.2) is 30.0 Å². The SMILES string of the molecule is O=C(F)C(F)(F)C(F)(NC(F)(F)C(F)=C(F)F)C(F)(F)F. The molecule has 0 aromatic rings. The molecule has 0 aromatic heterocycles. The minimum Gasteiger partial charge on any atom is -0.254 e. The first kappa shape index (κ1) is 19.5. The van der Waals surface area contributed by atoms with E-state index in [0.717, 1.165) is 0 Å². The summed E-state index contributed by atoms with van der Waals surface area (Å²) in [6.07, 6.45) is -11.1. The van der Waals surface area contributed by atoms with Crippen molar-refractivity contribution in [3.63, 3.8) is 0 Å². The maximum atomic E-state index is 13.1. The van der Waals surface area contributed by atoms with E-state index >= 15 is 0 Å². The summed E-state index contributed by atoms with van der Waals surface area (Å²) in [5.41, 5.74) is 0. The standard InChI is InChI=1S/C7HF12NO/c8-1(2(9)10)5(14,15)20-6(16,7(17,18)19)4(12,13)3(11)21/h20H. The fourth-order valence-corrected chi connectivity index (χ4v) is 0.853. The van der Waals surface area contributed by atoms with Crippen LogP contribution in [-0.2, 0) is 4.79 Å². The van der Waals surface area contributed by atoms with Crippen LogP contribution in [0, 0.1) is 0 Å². The van der Waals surface area contributed by atoms with Crippen molar-refractivity contribution in [3.8, 4) is 0 Å². The molecule has 0 spiro atoms. The Hall–Kier alpha value is -1.47. The van der Waals surface area contributed by atoms with E-state index in [1.54, 1.807) is 0 Å². The number of hydrogen-bond donors (Lipinski definition) is 1. The smallest absolute Gasteiger partial charge is 0.254 e. The molecule has 0 fully saturated rings. The topological polar surface area (TPSA) is 29.1 Å². The third kappa shape index (κ3) is 3.41. The molecule has 124 valence electrons. The summed E-state index contributed by atoms with van der Waals surface area (Å²) in [6, 6.07) is -10.7. The van der Waals surface area contributed by atoms with Gasteiger partial charge in [-0.2, -0.15) is 48.3 Å². The molecule has 1 N–H and O–H groups in total. The lowest BCUT2D eigenvalue weighted by molar-refractivity contribution is -0.324. The first-order chi connectivity index (χ1) is 9.00. The zero-order chi connectivity index (χ0) is 17.4. The number of nitrogens with one attached hydrogen (secondary N) is 1. The lowest BCUT2D eigenvalue weighted by atomic mass is 10.1. The Kier molecular flexibility index (Phi) is 5.00. The second-order valence-corrected chi connectivity index (χ2v) is 3.28. The average molecular weight is 343 g/mol. The Morgan fingerprint density at radius 1 is 0.762 bits per heavy atom. The van der Waals surface area contributed by atoms with Crippen LogP contribution >= 0.6 is 0 Å². The number of rotatable bonds is 5. The Morgan fingerprint density at radius 3 is 1.38 bits per heavy atom. The van der Waals surface area contributed by atoms with Crippen LogP contribution in [0.3, 0.4) is 0 Å². The minimum absolute atomic E-state index is 1.14. The normalized spacial score (nSPS) is 16.4. The van der Waals surface area contributed by atoms with Gasteiger partial charge < -0.3 is 0 Å². The molecular formula is C7HF12NO. The van der Waals surface area contributed by atoms with E-state index in [-0.39, 0.29) is 0 Å². The van der Waals surface area contributed by atoms with Crippen LogP contribution in [0.4, 0.5) is 52.7 Å². The van der Waals surface area contributed by atoms with Crippen molar-refractivity contribution in [1.29, 1.82) is 0 Å². The maximum Gasteiger partial charge on any atom is 0.443 e. The minimum atomic E-state index is -7.10. The molecule has 0 aliphatic carbocycles. The van der Waals surface area contributed by atoms with E-state index in [4.69, 9.17) is 0 Å². The molecule has 0 saturated heterocycles. The molecule has 0 radical (unpaired) electrons. The highest BCUT2D eigenvalue weighted by Crippen LogP contribution is 2.46. The quantitative estimate of drug-likeness (QED) is 0.470. The van der Waals surface area contributed by atoms with E-state index < -0.39 is 47.2 Å². The first-order valence-corrected chi connectivity index (χ1v) is 4.22.